The van der Waals surface area contributed by atoms with E-state index in [9.17, 15) is 4.79 Å². The van der Waals surface area contributed by atoms with Crippen LogP contribution >= 0.6 is 0 Å². The monoisotopic (exact) mass is 192 g/mol. The Morgan fingerprint density at radius 3 is 2.43 bits per heavy atom. The number of Topliss-reactive ketones (excluding diaryl/α,β-unsaturated/α-hetero) is 1. The zero-order chi connectivity index (χ0) is 9.97. The zero-order valence-electron chi connectivity index (χ0n) is 9.31. The summed E-state index contributed by atoms with van der Waals surface area (Å²) in [6, 6.07) is 0. The first-order valence-corrected chi connectivity index (χ1v) is 6.06. The van der Waals surface area contributed by atoms with Gasteiger partial charge in [0.25, 0.3) is 0 Å². The van der Waals surface area contributed by atoms with Crippen molar-refractivity contribution in [3.05, 3.63) is 0 Å². The van der Waals surface area contributed by atoms with Crippen LogP contribution in [0.5, 0.6) is 0 Å². The SMILES string of the molecule is CC1(C)C2CCC3(CC2)CC(=O)C[C@@H]31. The minimum Gasteiger partial charge on any atom is -0.300 e. The standard InChI is InChI=1S/C13H20O/c1-12(2)9-3-5-13(6-4-9)8-10(14)7-11(12)13/h9,11H,3-8H2,1-2H3/t9?,11-,13?/m1/s1. The van der Waals surface area contributed by atoms with E-state index in [2.05, 4.69) is 13.8 Å². The van der Waals surface area contributed by atoms with E-state index < -0.39 is 0 Å². The van der Waals surface area contributed by atoms with Gasteiger partial charge in [-0.25, -0.2) is 0 Å². The third kappa shape index (κ3) is 0.888. The largest absolute Gasteiger partial charge is 0.300 e. The topological polar surface area (TPSA) is 17.1 Å². The second-order valence-electron chi connectivity index (χ2n) is 6.43. The molecule has 1 atom stereocenters. The lowest BCUT2D eigenvalue weighted by Crippen LogP contribution is -2.50. The molecule has 0 aromatic rings. The summed E-state index contributed by atoms with van der Waals surface area (Å²) in [5.41, 5.74) is 0.901. The van der Waals surface area contributed by atoms with Crippen molar-refractivity contribution in [1.82, 2.24) is 0 Å². The van der Waals surface area contributed by atoms with E-state index in [0.717, 1.165) is 24.7 Å². The first kappa shape index (κ1) is 8.94. The summed E-state index contributed by atoms with van der Waals surface area (Å²) in [6.07, 6.45) is 7.26. The first-order valence-electron chi connectivity index (χ1n) is 6.06. The molecule has 0 radical (unpaired) electrons. The summed E-state index contributed by atoms with van der Waals surface area (Å²) in [6.45, 7) is 4.82. The molecule has 1 nitrogen and oxygen atoms in total. The molecular weight excluding hydrogens is 172 g/mol. The Morgan fingerprint density at radius 1 is 1.21 bits per heavy atom. The van der Waals surface area contributed by atoms with Gasteiger partial charge in [0, 0.05) is 12.8 Å². The quantitative estimate of drug-likeness (QED) is 0.576. The van der Waals surface area contributed by atoms with E-state index in [-0.39, 0.29) is 0 Å². The van der Waals surface area contributed by atoms with Crippen LogP contribution in [0.4, 0.5) is 0 Å². The van der Waals surface area contributed by atoms with Gasteiger partial charge in [-0.15, -0.1) is 0 Å². The third-order valence-corrected chi connectivity index (χ3v) is 5.65. The van der Waals surface area contributed by atoms with Crippen molar-refractivity contribution < 1.29 is 4.79 Å². The van der Waals surface area contributed by atoms with Crippen LogP contribution < -0.4 is 0 Å². The predicted molar refractivity (Wildman–Crippen MR) is 55.9 cm³/mol. The summed E-state index contributed by atoms with van der Waals surface area (Å²) in [4.78, 5) is 11.7. The average molecular weight is 192 g/mol. The number of hydrogen-bond acceptors (Lipinski definition) is 1. The summed E-state index contributed by atoms with van der Waals surface area (Å²) >= 11 is 0. The maximum atomic E-state index is 11.7. The molecule has 4 rings (SSSR count). The van der Waals surface area contributed by atoms with E-state index in [4.69, 9.17) is 0 Å². The lowest BCUT2D eigenvalue weighted by Gasteiger charge is -2.58. The Bertz CT molecular complexity index is 282. The fourth-order valence-electron chi connectivity index (χ4n) is 4.83. The van der Waals surface area contributed by atoms with E-state index in [1.807, 2.05) is 0 Å². The Balaban J connectivity index is 2.05. The second kappa shape index (κ2) is 2.43. The van der Waals surface area contributed by atoms with Gasteiger partial charge < -0.3 is 0 Å². The number of carbonyl (C=O) groups is 1. The number of hydrogen-bond donors (Lipinski definition) is 0. The predicted octanol–water partition coefficient (Wildman–Crippen LogP) is 3.18. The molecule has 4 aliphatic carbocycles. The van der Waals surface area contributed by atoms with Crippen molar-refractivity contribution in [2.75, 3.05) is 0 Å². The fraction of sp³-hybridized carbons (Fsp3) is 0.923. The van der Waals surface area contributed by atoms with E-state index in [1.165, 1.54) is 25.7 Å². The fourth-order valence-corrected chi connectivity index (χ4v) is 4.83. The smallest absolute Gasteiger partial charge is 0.133 e. The van der Waals surface area contributed by atoms with Crippen LogP contribution in [-0.4, -0.2) is 5.78 Å². The van der Waals surface area contributed by atoms with Gasteiger partial charge in [0.2, 0.25) is 0 Å². The molecule has 0 unspecified atom stereocenters. The average Bonchev–Trinajstić information content (AvgIpc) is 2.44. The van der Waals surface area contributed by atoms with Crippen molar-refractivity contribution in [3.63, 3.8) is 0 Å². The van der Waals surface area contributed by atoms with E-state index in [0.29, 0.717) is 16.6 Å². The van der Waals surface area contributed by atoms with Crippen molar-refractivity contribution in [3.8, 4) is 0 Å². The Labute approximate surface area is 86.3 Å². The Kier molecular flexibility index (Phi) is 1.55. The summed E-state index contributed by atoms with van der Waals surface area (Å²) in [5, 5.41) is 0. The number of ketones is 1. The molecule has 1 spiro atoms. The highest BCUT2D eigenvalue weighted by atomic mass is 16.1. The van der Waals surface area contributed by atoms with Crippen LogP contribution in [-0.2, 0) is 4.79 Å². The van der Waals surface area contributed by atoms with E-state index in [1.54, 1.807) is 0 Å². The highest BCUT2D eigenvalue weighted by Crippen LogP contribution is 2.67. The van der Waals surface area contributed by atoms with Gasteiger partial charge in [0.05, 0.1) is 0 Å². The van der Waals surface area contributed by atoms with Crippen LogP contribution in [0.25, 0.3) is 0 Å². The summed E-state index contributed by atoms with van der Waals surface area (Å²) in [7, 11) is 0. The summed E-state index contributed by atoms with van der Waals surface area (Å²) in [5.74, 6) is 2.17. The minimum absolute atomic E-state index is 0.447. The van der Waals surface area contributed by atoms with Gasteiger partial charge in [-0.05, 0) is 48.3 Å². The van der Waals surface area contributed by atoms with Gasteiger partial charge in [-0.1, -0.05) is 13.8 Å². The minimum atomic E-state index is 0.447. The molecule has 1 heteroatoms. The van der Waals surface area contributed by atoms with Crippen LogP contribution in [0.15, 0.2) is 0 Å². The maximum Gasteiger partial charge on any atom is 0.133 e. The molecule has 0 amide bonds. The molecule has 14 heavy (non-hydrogen) atoms. The van der Waals surface area contributed by atoms with Crippen molar-refractivity contribution in [1.29, 1.82) is 0 Å². The molecule has 2 bridgehead atoms. The molecule has 4 aliphatic rings. The Morgan fingerprint density at radius 2 is 1.86 bits per heavy atom. The van der Waals surface area contributed by atoms with Crippen LogP contribution in [0, 0.1) is 22.7 Å². The third-order valence-electron chi connectivity index (χ3n) is 5.65. The van der Waals surface area contributed by atoms with Gasteiger partial charge in [0.1, 0.15) is 5.78 Å². The first-order chi connectivity index (χ1) is 6.55. The number of carbonyl (C=O) groups excluding carboxylic acids is 1. The second-order valence-corrected chi connectivity index (χ2v) is 6.43. The van der Waals surface area contributed by atoms with E-state index >= 15 is 0 Å². The van der Waals surface area contributed by atoms with Crippen molar-refractivity contribution in [2.24, 2.45) is 22.7 Å². The molecule has 78 valence electrons. The van der Waals surface area contributed by atoms with Crippen LogP contribution in [0.2, 0.25) is 0 Å². The van der Waals surface area contributed by atoms with Gasteiger partial charge >= 0.3 is 0 Å². The molecular formula is C13H20O. The maximum absolute atomic E-state index is 11.7. The molecule has 0 saturated heterocycles. The van der Waals surface area contributed by atoms with Gasteiger partial charge in [-0.3, -0.25) is 4.79 Å². The highest BCUT2D eigenvalue weighted by Gasteiger charge is 2.60. The van der Waals surface area contributed by atoms with Crippen LogP contribution in [0.1, 0.15) is 52.4 Å². The molecule has 0 heterocycles. The molecule has 4 fully saturated rings. The van der Waals surface area contributed by atoms with Gasteiger partial charge in [-0.2, -0.15) is 0 Å². The molecule has 0 aromatic carbocycles. The number of fused-ring (bicyclic) bond motifs is 2. The summed E-state index contributed by atoms with van der Waals surface area (Å²) < 4.78 is 0. The Hall–Kier alpha value is -0.330. The van der Waals surface area contributed by atoms with Crippen LogP contribution in [0.3, 0.4) is 0 Å². The number of rotatable bonds is 0. The lowest BCUT2D eigenvalue weighted by atomic mass is 9.46. The van der Waals surface area contributed by atoms with Gasteiger partial charge in [0.15, 0.2) is 0 Å². The van der Waals surface area contributed by atoms with Crippen molar-refractivity contribution in [2.45, 2.75) is 52.4 Å². The van der Waals surface area contributed by atoms with Crippen molar-refractivity contribution >= 4 is 5.78 Å². The highest BCUT2D eigenvalue weighted by molar-refractivity contribution is 5.82. The molecule has 4 saturated carbocycles. The normalized spacial score (nSPS) is 49.4. The lowest BCUT2D eigenvalue weighted by molar-refractivity contribution is -0.118. The zero-order valence-corrected chi connectivity index (χ0v) is 9.31. The molecule has 0 aliphatic heterocycles. The molecule has 0 aromatic heterocycles. The molecule has 0 N–H and O–H groups in total.